The van der Waals surface area contributed by atoms with Crippen molar-refractivity contribution in [1.29, 1.82) is 0 Å². The summed E-state index contributed by atoms with van der Waals surface area (Å²) in [5.74, 6) is 0.202. The molecule has 0 spiro atoms. The quantitative estimate of drug-likeness (QED) is 0.736. The molecule has 0 amide bonds. The second-order valence-electron chi connectivity index (χ2n) is 3.18. The second kappa shape index (κ2) is 4.32. The van der Waals surface area contributed by atoms with Crippen LogP contribution >= 0.6 is 0 Å². The molecule has 0 aromatic heterocycles. The summed E-state index contributed by atoms with van der Waals surface area (Å²) in [6, 6.07) is 0. The Morgan fingerprint density at radius 2 is 2.15 bits per heavy atom. The van der Waals surface area contributed by atoms with Gasteiger partial charge in [0.1, 0.15) is 0 Å². The molecule has 0 radical (unpaired) electrons. The lowest BCUT2D eigenvalue weighted by Crippen LogP contribution is -2.33. The van der Waals surface area contributed by atoms with Crippen LogP contribution in [0.1, 0.15) is 12.8 Å². The van der Waals surface area contributed by atoms with Crippen LogP contribution in [0.3, 0.4) is 0 Å². The Hall–Kier alpha value is -0.230. The highest BCUT2D eigenvalue weighted by Crippen LogP contribution is 2.18. The molecule has 0 saturated carbocycles. The fraction of sp³-hybridized carbons (Fsp3) is 1.00. The van der Waals surface area contributed by atoms with E-state index in [4.69, 9.17) is 0 Å². The minimum Gasteiger partial charge on any atom is -0.310 e. The Labute approximate surface area is 76.4 Å². The maximum atomic E-state index is 11.7. The van der Waals surface area contributed by atoms with Crippen molar-refractivity contribution in [3.05, 3.63) is 0 Å². The van der Waals surface area contributed by atoms with Crippen LogP contribution in [0.5, 0.6) is 0 Å². The van der Waals surface area contributed by atoms with Gasteiger partial charge in [-0.3, -0.25) is 0 Å². The maximum Gasteiger partial charge on any atom is 0.250 e. The van der Waals surface area contributed by atoms with E-state index in [1.54, 1.807) is 0 Å². The number of hydrogen-bond acceptors (Lipinski definition) is 3. The summed E-state index contributed by atoms with van der Waals surface area (Å²) in [5.41, 5.74) is 0. The highest BCUT2D eigenvalue weighted by Gasteiger charge is 2.30. The van der Waals surface area contributed by atoms with E-state index in [1.807, 2.05) is 0 Å². The van der Waals surface area contributed by atoms with Crippen LogP contribution in [0.25, 0.3) is 0 Å². The third kappa shape index (κ3) is 3.19. The SMILES string of the molecule is O=S1(=O)CCCC1CNCC(F)F. The summed E-state index contributed by atoms with van der Waals surface area (Å²) in [5, 5.41) is 2.00. The van der Waals surface area contributed by atoms with Crippen molar-refractivity contribution in [2.45, 2.75) is 24.5 Å². The van der Waals surface area contributed by atoms with Crippen LogP contribution in [0.15, 0.2) is 0 Å². The first-order valence-electron chi connectivity index (χ1n) is 4.23. The van der Waals surface area contributed by atoms with E-state index < -0.39 is 28.1 Å². The Morgan fingerprint density at radius 1 is 1.46 bits per heavy atom. The molecule has 1 N–H and O–H groups in total. The molecule has 0 aromatic rings. The van der Waals surface area contributed by atoms with E-state index in [-0.39, 0.29) is 12.3 Å². The number of sulfone groups is 1. The lowest BCUT2D eigenvalue weighted by atomic mass is 10.2. The van der Waals surface area contributed by atoms with Gasteiger partial charge in [-0.05, 0) is 12.8 Å². The normalized spacial score (nSPS) is 26.8. The van der Waals surface area contributed by atoms with Crippen molar-refractivity contribution in [1.82, 2.24) is 5.32 Å². The van der Waals surface area contributed by atoms with Gasteiger partial charge in [0.2, 0.25) is 0 Å². The van der Waals surface area contributed by atoms with Gasteiger partial charge in [-0.15, -0.1) is 0 Å². The molecule has 0 bridgehead atoms. The van der Waals surface area contributed by atoms with Gasteiger partial charge in [-0.25, -0.2) is 17.2 Å². The third-order valence-electron chi connectivity index (χ3n) is 2.13. The molecule has 78 valence electrons. The minimum atomic E-state index is -2.99. The molecule has 3 nitrogen and oxygen atoms in total. The van der Waals surface area contributed by atoms with Crippen LogP contribution < -0.4 is 5.32 Å². The summed E-state index contributed by atoms with van der Waals surface area (Å²) >= 11 is 0. The number of halogens is 2. The van der Waals surface area contributed by atoms with Crippen LogP contribution in [0, 0.1) is 0 Å². The van der Waals surface area contributed by atoms with Crippen LogP contribution in [0.2, 0.25) is 0 Å². The molecule has 1 atom stereocenters. The molecule has 1 rings (SSSR count). The molecule has 1 unspecified atom stereocenters. The Morgan fingerprint density at radius 3 is 2.62 bits per heavy atom. The van der Waals surface area contributed by atoms with Gasteiger partial charge in [-0.1, -0.05) is 0 Å². The van der Waals surface area contributed by atoms with Gasteiger partial charge < -0.3 is 5.32 Å². The Balaban J connectivity index is 2.29. The lowest BCUT2D eigenvalue weighted by molar-refractivity contribution is 0.146. The zero-order chi connectivity index (χ0) is 9.90. The molecule has 1 heterocycles. The molecular formula is C7H13F2NO2S. The maximum absolute atomic E-state index is 11.7. The molecule has 1 saturated heterocycles. The molecule has 1 aliphatic heterocycles. The number of hydrogen-bond donors (Lipinski definition) is 1. The van der Waals surface area contributed by atoms with Crippen molar-refractivity contribution >= 4 is 9.84 Å². The Kier molecular flexibility index (Phi) is 3.61. The van der Waals surface area contributed by atoms with Crippen molar-refractivity contribution in [2.24, 2.45) is 0 Å². The highest BCUT2D eigenvalue weighted by atomic mass is 32.2. The van der Waals surface area contributed by atoms with Gasteiger partial charge in [0.15, 0.2) is 9.84 Å². The minimum absolute atomic E-state index is 0.159. The molecular weight excluding hydrogens is 200 g/mol. The summed E-state index contributed by atoms with van der Waals surface area (Å²) in [6.45, 7) is -0.265. The van der Waals surface area contributed by atoms with Crippen molar-refractivity contribution in [2.75, 3.05) is 18.8 Å². The largest absolute Gasteiger partial charge is 0.310 e. The average molecular weight is 213 g/mol. The van der Waals surface area contributed by atoms with Gasteiger partial charge >= 0.3 is 0 Å². The standard InChI is InChI=1S/C7H13F2NO2S/c8-7(9)5-10-4-6-2-1-3-13(6,11)12/h6-7,10H,1-5H2. The van der Waals surface area contributed by atoms with E-state index in [9.17, 15) is 17.2 Å². The van der Waals surface area contributed by atoms with E-state index >= 15 is 0 Å². The zero-order valence-electron chi connectivity index (χ0n) is 7.17. The Bertz CT molecular complexity index is 253. The first-order chi connectivity index (χ1) is 6.02. The summed E-state index contributed by atoms with van der Waals surface area (Å²) in [6.07, 6.45) is -1.16. The van der Waals surface area contributed by atoms with Gasteiger partial charge in [-0.2, -0.15) is 0 Å². The average Bonchev–Trinajstić information content (AvgIpc) is 2.30. The van der Waals surface area contributed by atoms with Crippen LogP contribution in [-0.4, -0.2) is 38.9 Å². The molecule has 1 fully saturated rings. The number of nitrogens with one attached hydrogen (secondary N) is 1. The zero-order valence-corrected chi connectivity index (χ0v) is 7.99. The fourth-order valence-corrected chi connectivity index (χ4v) is 3.24. The highest BCUT2D eigenvalue weighted by molar-refractivity contribution is 7.92. The van der Waals surface area contributed by atoms with Crippen molar-refractivity contribution in [3.8, 4) is 0 Å². The molecule has 0 aliphatic carbocycles. The summed E-state index contributed by atoms with van der Waals surface area (Å²) in [4.78, 5) is 0. The van der Waals surface area contributed by atoms with Gasteiger partial charge in [0, 0.05) is 6.54 Å². The number of rotatable bonds is 4. The van der Waals surface area contributed by atoms with E-state index in [2.05, 4.69) is 5.32 Å². The first kappa shape index (κ1) is 10.8. The van der Waals surface area contributed by atoms with E-state index in [0.29, 0.717) is 12.8 Å². The third-order valence-corrected chi connectivity index (χ3v) is 4.41. The summed E-state index contributed by atoms with van der Waals surface area (Å²) in [7, 11) is -2.99. The van der Waals surface area contributed by atoms with Gasteiger partial charge in [0.05, 0.1) is 17.5 Å². The summed E-state index contributed by atoms with van der Waals surface area (Å²) < 4.78 is 45.8. The van der Waals surface area contributed by atoms with Crippen molar-refractivity contribution < 1.29 is 17.2 Å². The number of alkyl halides is 2. The lowest BCUT2D eigenvalue weighted by Gasteiger charge is -2.09. The van der Waals surface area contributed by atoms with Crippen LogP contribution in [0.4, 0.5) is 8.78 Å². The molecule has 1 aliphatic rings. The first-order valence-corrected chi connectivity index (χ1v) is 5.94. The molecule has 6 heteroatoms. The van der Waals surface area contributed by atoms with Crippen molar-refractivity contribution in [3.63, 3.8) is 0 Å². The van der Waals surface area contributed by atoms with Crippen LogP contribution in [-0.2, 0) is 9.84 Å². The fourth-order valence-electron chi connectivity index (χ4n) is 1.44. The predicted molar refractivity (Wildman–Crippen MR) is 45.7 cm³/mol. The van der Waals surface area contributed by atoms with E-state index in [1.165, 1.54) is 0 Å². The predicted octanol–water partition coefficient (Wildman–Crippen LogP) is 0.418. The molecule has 13 heavy (non-hydrogen) atoms. The van der Waals surface area contributed by atoms with E-state index in [0.717, 1.165) is 0 Å². The topological polar surface area (TPSA) is 46.2 Å². The second-order valence-corrected chi connectivity index (χ2v) is 5.58. The van der Waals surface area contributed by atoms with Gasteiger partial charge in [0.25, 0.3) is 6.43 Å². The smallest absolute Gasteiger partial charge is 0.250 e. The molecule has 0 aromatic carbocycles. The monoisotopic (exact) mass is 213 g/mol.